The Bertz CT molecular complexity index is 1060. The molecular weight excluding hydrogens is 370 g/mol. The molecule has 0 unspecified atom stereocenters. The van der Waals surface area contributed by atoms with Crippen LogP contribution in [-0.4, -0.2) is 42.1 Å². The number of oxazole rings is 1. The second-order valence-electron chi connectivity index (χ2n) is 6.56. The van der Waals surface area contributed by atoms with Crippen LogP contribution in [0.5, 0.6) is 0 Å². The lowest BCUT2D eigenvalue weighted by Gasteiger charge is -2.24. The molecule has 0 atom stereocenters. The quantitative estimate of drug-likeness (QED) is 0.659. The fourth-order valence-corrected chi connectivity index (χ4v) is 3.13. The summed E-state index contributed by atoms with van der Waals surface area (Å²) >= 11 is 0. The lowest BCUT2D eigenvalue weighted by atomic mass is 9.97. The highest BCUT2D eigenvalue weighted by atomic mass is 16.5. The SMILES string of the molecule is N#Cc1ccc(-c2ccc(CN)cn2)c(C(=O)c2cnc(N3CCOCC3)o2)c1. The third-order valence-corrected chi connectivity index (χ3v) is 4.73. The van der Waals surface area contributed by atoms with Crippen LogP contribution in [0.4, 0.5) is 6.01 Å². The number of ether oxygens (including phenoxy) is 1. The zero-order valence-electron chi connectivity index (χ0n) is 15.7. The molecule has 1 saturated heterocycles. The van der Waals surface area contributed by atoms with E-state index < -0.39 is 0 Å². The lowest BCUT2D eigenvalue weighted by molar-refractivity contribution is 0.101. The Kier molecular flexibility index (Phi) is 5.33. The summed E-state index contributed by atoms with van der Waals surface area (Å²) in [7, 11) is 0. The molecule has 2 N–H and O–H groups in total. The number of carbonyl (C=O) groups excluding carboxylic acids is 1. The summed E-state index contributed by atoms with van der Waals surface area (Å²) in [5.41, 5.74) is 8.46. The maximum atomic E-state index is 13.2. The van der Waals surface area contributed by atoms with Crippen LogP contribution in [0.1, 0.15) is 27.2 Å². The molecule has 4 rings (SSSR count). The number of ketones is 1. The molecule has 0 spiro atoms. The summed E-state index contributed by atoms with van der Waals surface area (Å²) in [6.45, 7) is 2.87. The van der Waals surface area contributed by atoms with Crippen LogP contribution in [0.3, 0.4) is 0 Å². The van der Waals surface area contributed by atoms with Gasteiger partial charge in [-0.3, -0.25) is 9.78 Å². The molecule has 1 aromatic carbocycles. The lowest BCUT2D eigenvalue weighted by Crippen LogP contribution is -2.36. The van der Waals surface area contributed by atoms with Crippen molar-refractivity contribution in [2.75, 3.05) is 31.2 Å². The van der Waals surface area contributed by atoms with E-state index in [-0.39, 0.29) is 11.5 Å². The van der Waals surface area contributed by atoms with E-state index >= 15 is 0 Å². The van der Waals surface area contributed by atoms with Crippen molar-refractivity contribution < 1.29 is 13.9 Å². The van der Waals surface area contributed by atoms with E-state index in [0.29, 0.717) is 61.2 Å². The van der Waals surface area contributed by atoms with Gasteiger partial charge in [0, 0.05) is 37.0 Å². The number of benzene rings is 1. The van der Waals surface area contributed by atoms with Gasteiger partial charge in [0.2, 0.25) is 5.78 Å². The second-order valence-corrected chi connectivity index (χ2v) is 6.56. The van der Waals surface area contributed by atoms with Gasteiger partial charge >= 0.3 is 0 Å². The molecule has 1 aliphatic rings. The van der Waals surface area contributed by atoms with Crippen LogP contribution in [0, 0.1) is 11.3 Å². The van der Waals surface area contributed by atoms with E-state index in [1.807, 2.05) is 11.0 Å². The minimum atomic E-state index is -0.353. The molecule has 0 radical (unpaired) electrons. The number of nitrogens with zero attached hydrogens (tertiary/aromatic N) is 4. The minimum absolute atomic E-state index is 0.112. The molecule has 0 saturated carbocycles. The van der Waals surface area contributed by atoms with Gasteiger partial charge in [-0.05, 0) is 23.8 Å². The van der Waals surface area contributed by atoms with Crippen molar-refractivity contribution in [2.45, 2.75) is 6.54 Å². The fraction of sp³-hybridized carbons (Fsp3) is 0.238. The average Bonchev–Trinajstić information content (AvgIpc) is 3.29. The first kappa shape index (κ1) is 18.8. The average molecular weight is 389 g/mol. The van der Waals surface area contributed by atoms with Gasteiger partial charge in [0.25, 0.3) is 6.01 Å². The number of nitrogens with two attached hydrogens (primary N) is 1. The number of pyridine rings is 1. The molecule has 0 bridgehead atoms. The van der Waals surface area contributed by atoms with Crippen LogP contribution in [0.15, 0.2) is 47.1 Å². The Balaban J connectivity index is 1.70. The number of nitriles is 1. The molecule has 3 aromatic rings. The van der Waals surface area contributed by atoms with Gasteiger partial charge in [0.15, 0.2) is 5.76 Å². The number of hydrogen-bond acceptors (Lipinski definition) is 8. The summed E-state index contributed by atoms with van der Waals surface area (Å²) in [4.78, 5) is 23.8. The molecule has 0 amide bonds. The second kappa shape index (κ2) is 8.22. The first-order valence-corrected chi connectivity index (χ1v) is 9.22. The van der Waals surface area contributed by atoms with Crippen molar-refractivity contribution in [3.63, 3.8) is 0 Å². The third-order valence-electron chi connectivity index (χ3n) is 4.73. The van der Waals surface area contributed by atoms with Gasteiger partial charge in [-0.25, -0.2) is 4.98 Å². The van der Waals surface area contributed by atoms with Crippen LogP contribution >= 0.6 is 0 Å². The van der Waals surface area contributed by atoms with E-state index in [1.54, 1.807) is 30.5 Å². The van der Waals surface area contributed by atoms with Gasteiger partial charge in [0.05, 0.1) is 36.7 Å². The normalized spacial score (nSPS) is 13.9. The van der Waals surface area contributed by atoms with Crippen molar-refractivity contribution in [3.05, 3.63) is 65.2 Å². The summed E-state index contributed by atoms with van der Waals surface area (Å²) < 4.78 is 11.1. The highest BCUT2D eigenvalue weighted by Gasteiger charge is 2.23. The summed E-state index contributed by atoms with van der Waals surface area (Å²) in [6, 6.07) is 11.0. The third kappa shape index (κ3) is 3.87. The van der Waals surface area contributed by atoms with Crippen LogP contribution in [0.2, 0.25) is 0 Å². The summed E-state index contributed by atoms with van der Waals surface area (Å²) in [5, 5.41) is 9.27. The Morgan fingerprint density at radius 2 is 2.00 bits per heavy atom. The molecule has 1 fully saturated rings. The zero-order chi connectivity index (χ0) is 20.2. The number of carbonyl (C=O) groups is 1. The monoisotopic (exact) mass is 389 g/mol. The Morgan fingerprint density at radius 3 is 2.69 bits per heavy atom. The van der Waals surface area contributed by atoms with Crippen molar-refractivity contribution in [1.29, 1.82) is 5.26 Å². The van der Waals surface area contributed by atoms with E-state index in [4.69, 9.17) is 14.9 Å². The number of aromatic nitrogens is 2. The molecule has 8 nitrogen and oxygen atoms in total. The van der Waals surface area contributed by atoms with E-state index in [1.165, 1.54) is 6.20 Å². The Labute approximate surface area is 167 Å². The minimum Gasteiger partial charge on any atom is -0.420 e. The number of rotatable bonds is 5. The number of anilines is 1. The zero-order valence-corrected chi connectivity index (χ0v) is 15.7. The molecule has 3 heterocycles. The van der Waals surface area contributed by atoms with Gasteiger partial charge < -0.3 is 19.8 Å². The molecule has 2 aromatic heterocycles. The van der Waals surface area contributed by atoms with Crippen LogP contribution in [-0.2, 0) is 11.3 Å². The van der Waals surface area contributed by atoms with Gasteiger partial charge in [-0.2, -0.15) is 5.26 Å². The van der Waals surface area contributed by atoms with E-state index in [2.05, 4.69) is 16.0 Å². The maximum absolute atomic E-state index is 13.2. The molecular formula is C21H19N5O3. The Hall–Kier alpha value is -3.54. The first-order chi connectivity index (χ1) is 14.2. The standard InChI is InChI=1S/C21H19N5O3/c22-10-14-1-3-16(18-4-2-15(11-23)12-24-18)17(9-14)20(27)19-13-25-21(29-19)26-5-7-28-8-6-26/h1-4,9,12-13H,5-8,11,23H2. The maximum Gasteiger partial charge on any atom is 0.298 e. The highest BCUT2D eigenvalue weighted by molar-refractivity contribution is 6.11. The van der Waals surface area contributed by atoms with Crippen molar-refractivity contribution in [1.82, 2.24) is 9.97 Å². The van der Waals surface area contributed by atoms with Crippen molar-refractivity contribution in [2.24, 2.45) is 5.73 Å². The molecule has 1 aliphatic heterocycles. The summed E-state index contributed by atoms with van der Waals surface area (Å²) in [6.07, 6.45) is 3.09. The summed E-state index contributed by atoms with van der Waals surface area (Å²) in [5.74, 6) is -0.241. The predicted molar refractivity (Wildman–Crippen MR) is 105 cm³/mol. The van der Waals surface area contributed by atoms with Gasteiger partial charge in [-0.15, -0.1) is 0 Å². The predicted octanol–water partition coefficient (Wildman–Crippen LogP) is 2.13. The molecule has 8 heteroatoms. The van der Waals surface area contributed by atoms with Crippen LogP contribution < -0.4 is 10.6 Å². The Morgan fingerprint density at radius 1 is 1.17 bits per heavy atom. The van der Waals surface area contributed by atoms with Crippen molar-refractivity contribution >= 4 is 11.8 Å². The van der Waals surface area contributed by atoms with E-state index in [0.717, 1.165) is 5.56 Å². The molecule has 29 heavy (non-hydrogen) atoms. The number of morpholine rings is 1. The first-order valence-electron chi connectivity index (χ1n) is 9.22. The number of hydrogen-bond donors (Lipinski definition) is 1. The largest absolute Gasteiger partial charge is 0.420 e. The topological polar surface area (TPSA) is 118 Å². The molecule has 146 valence electrons. The van der Waals surface area contributed by atoms with Crippen LogP contribution in [0.25, 0.3) is 11.3 Å². The fourth-order valence-electron chi connectivity index (χ4n) is 3.13. The van der Waals surface area contributed by atoms with Gasteiger partial charge in [-0.1, -0.05) is 12.1 Å². The van der Waals surface area contributed by atoms with Gasteiger partial charge in [0.1, 0.15) is 0 Å². The van der Waals surface area contributed by atoms with Crippen molar-refractivity contribution in [3.8, 4) is 17.3 Å². The smallest absolute Gasteiger partial charge is 0.298 e. The highest BCUT2D eigenvalue weighted by Crippen LogP contribution is 2.27. The molecule has 0 aliphatic carbocycles. The van der Waals surface area contributed by atoms with E-state index in [9.17, 15) is 10.1 Å².